The minimum absolute atomic E-state index is 0.0403. The highest BCUT2D eigenvalue weighted by Gasteiger charge is 2.24. The highest BCUT2D eigenvalue weighted by Crippen LogP contribution is 2.33. The van der Waals surface area contributed by atoms with Crippen LogP contribution in [0.4, 0.5) is 21.9 Å². The number of likely N-dealkylation sites (tertiary alicyclic amines) is 1. The van der Waals surface area contributed by atoms with Crippen molar-refractivity contribution in [2.24, 2.45) is 0 Å². The van der Waals surface area contributed by atoms with E-state index in [1.807, 2.05) is 91.9 Å². The number of anilines is 3. The number of ether oxygens (including phenoxy) is 1. The van der Waals surface area contributed by atoms with Crippen molar-refractivity contribution in [1.82, 2.24) is 15.1 Å². The first-order chi connectivity index (χ1) is 28.1. The molecule has 4 amide bonds. The third-order valence-electron chi connectivity index (χ3n) is 10.7. The molecule has 4 aromatic carbocycles. The highest BCUT2D eigenvalue weighted by atomic mass is 16.6. The Balaban J connectivity index is 0.837. The number of amides is 4. The first-order valence-corrected chi connectivity index (χ1v) is 20.1. The van der Waals surface area contributed by atoms with Crippen LogP contribution in [0, 0.1) is 6.92 Å². The lowest BCUT2D eigenvalue weighted by atomic mass is 10.0. The average molecular weight is 787 g/mol. The Hall–Kier alpha value is -5.98. The monoisotopic (exact) mass is 786 g/mol. The van der Waals surface area contributed by atoms with E-state index >= 15 is 0 Å². The Labute approximate surface area is 340 Å². The van der Waals surface area contributed by atoms with E-state index < -0.39 is 6.09 Å². The van der Waals surface area contributed by atoms with Crippen LogP contribution in [0.5, 0.6) is 5.75 Å². The SMILES string of the molecule is Cc1cc(CNCCc2ccc(O)c3c2C=CCC(=O)N3)ccc1NC(=O)CCCN(C)C(=O)CCN1CCC(OC(=O)Nc2ccccc2-c2ccccc2)CC1. The van der Waals surface area contributed by atoms with E-state index in [1.165, 1.54) is 0 Å². The summed E-state index contributed by atoms with van der Waals surface area (Å²) in [6.07, 6.45) is 6.72. The Bertz CT molecular complexity index is 2100. The van der Waals surface area contributed by atoms with Gasteiger partial charge in [0.05, 0.1) is 11.4 Å². The smallest absolute Gasteiger partial charge is 0.411 e. The van der Waals surface area contributed by atoms with E-state index in [-0.39, 0.29) is 36.0 Å². The fraction of sp³-hybridized carbons (Fsp3) is 0.348. The molecule has 5 N–H and O–H groups in total. The first kappa shape index (κ1) is 41.6. The minimum Gasteiger partial charge on any atom is -0.506 e. The molecule has 1 fully saturated rings. The number of aromatic hydroxyl groups is 1. The summed E-state index contributed by atoms with van der Waals surface area (Å²) in [5.74, 6) is -0.137. The number of aryl methyl sites for hydroxylation is 1. The van der Waals surface area contributed by atoms with Crippen molar-refractivity contribution in [3.05, 3.63) is 113 Å². The van der Waals surface area contributed by atoms with Gasteiger partial charge in [-0.05, 0) is 79.6 Å². The number of piperidine rings is 1. The molecule has 58 heavy (non-hydrogen) atoms. The van der Waals surface area contributed by atoms with Gasteiger partial charge >= 0.3 is 6.09 Å². The zero-order valence-electron chi connectivity index (χ0n) is 33.4. The third-order valence-corrected chi connectivity index (χ3v) is 10.7. The number of nitrogens with zero attached hydrogens (tertiary/aromatic N) is 2. The summed E-state index contributed by atoms with van der Waals surface area (Å²) >= 11 is 0. The molecule has 0 saturated carbocycles. The molecule has 12 nitrogen and oxygen atoms in total. The van der Waals surface area contributed by atoms with Crippen molar-refractivity contribution >= 4 is 47.0 Å². The molecular formula is C46H54N6O6. The summed E-state index contributed by atoms with van der Waals surface area (Å²) in [5.41, 5.74) is 7.81. The van der Waals surface area contributed by atoms with Gasteiger partial charge in [-0.1, -0.05) is 78.9 Å². The van der Waals surface area contributed by atoms with E-state index in [2.05, 4.69) is 32.2 Å². The maximum absolute atomic E-state index is 12.9. The number of carbonyl (C=O) groups excluding carboxylic acids is 4. The number of benzene rings is 4. The molecule has 1 saturated heterocycles. The van der Waals surface area contributed by atoms with Crippen LogP contribution in [0.3, 0.4) is 0 Å². The summed E-state index contributed by atoms with van der Waals surface area (Å²) in [6, 6.07) is 27.0. The van der Waals surface area contributed by atoms with Gasteiger partial charge < -0.3 is 35.6 Å². The molecule has 0 unspecified atom stereocenters. The van der Waals surface area contributed by atoms with Gasteiger partial charge in [-0.2, -0.15) is 0 Å². The lowest BCUT2D eigenvalue weighted by molar-refractivity contribution is -0.130. The van der Waals surface area contributed by atoms with E-state index in [4.69, 9.17) is 4.74 Å². The van der Waals surface area contributed by atoms with E-state index in [9.17, 15) is 24.3 Å². The zero-order valence-corrected chi connectivity index (χ0v) is 33.4. The number of fused-ring (bicyclic) bond motifs is 1. The second kappa shape index (κ2) is 20.4. The maximum Gasteiger partial charge on any atom is 0.411 e. The highest BCUT2D eigenvalue weighted by molar-refractivity contribution is 5.98. The number of para-hydroxylation sites is 1. The number of carbonyl (C=O) groups is 4. The standard InChI is InChI=1S/C46H54N6O6/c1-32-30-33(31-47-25-21-35-18-20-41(53)45-38(35)13-8-15-43(55)50-45)17-19-39(32)48-42(54)16-9-26-51(2)44(56)24-29-52-27-22-36(23-28-52)58-46(57)49-40-14-7-6-12-37(40)34-10-4-3-5-11-34/h3-8,10-14,17-20,30,36,47,53H,9,15-16,21-29,31H2,1-2H3,(H,48,54)(H,49,57)(H,50,55). The van der Waals surface area contributed by atoms with Crippen LogP contribution in [0.25, 0.3) is 17.2 Å². The van der Waals surface area contributed by atoms with Crippen LogP contribution in [0.1, 0.15) is 60.8 Å². The van der Waals surface area contributed by atoms with Gasteiger partial charge in [-0.25, -0.2) is 4.79 Å². The molecular weight excluding hydrogens is 733 g/mol. The second-order valence-electron chi connectivity index (χ2n) is 15.0. The van der Waals surface area contributed by atoms with Crippen LogP contribution >= 0.6 is 0 Å². The van der Waals surface area contributed by atoms with Crippen molar-refractivity contribution in [3.8, 4) is 16.9 Å². The summed E-state index contributed by atoms with van der Waals surface area (Å²) < 4.78 is 5.76. The van der Waals surface area contributed by atoms with Gasteiger partial charge in [0, 0.05) is 75.8 Å². The fourth-order valence-corrected chi connectivity index (χ4v) is 7.36. The molecule has 6 rings (SSSR count). The van der Waals surface area contributed by atoms with Gasteiger partial charge in [0.1, 0.15) is 11.9 Å². The quantitative estimate of drug-likeness (QED) is 0.0585. The molecule has 0 bridgehead atoms. The van der Waals surface area contributed by atoms with Crippen molar-refractivity contribution in [3.63, 3.8) is 0 Å². The Morgan fingerprint density at radius 3 is 2.50 bits per heavy atom. The Kier molecular flexibility index (Phi) is 14.7. The molecule has 2 heterocycles. The van der Waals surface area contributed by atoms with E-state index in [0.717, 1.165) is 58.6 Å². The van der Waals surface area contributed by atoms with Crippen LogP contribution < -0.4 is 21.3 Å². The lowest BCUT2D eigenvalue weighted by Crippen LogP contribution is -2.40. The van der Waals surface area contributed by atoms with Crippen LogP contribution in [0.2, 0.25) is 0 Å². The number of hydrogen-bond acceptors (Lipinski definition) is 8. The van der Waals surface area contributed by atoms with E-state index in [0.29, 0.717) is 69.7 Å². The van der Waals surface area contributed by atoms with Crippen LogP contribution in [0.15, 0.2) is 91.0 Å². The summed E-state index contributed by atoms with van der Waals surface area (Å²) in [6.45, 7) is 5.95. The molecule has 0 aliphatic carbocycles. The summed E-state index contributed by atoms with van der Waals surface area (Å²) in [5, 5.41) is 22.4. The predicted octanol–water partition coefficient (Wildman–Crippen LogP) is 7.34. The number of hydrogen-bond donors (Lipinski definition) is 5. The average Bonchev–Trinajstić information content (AvgIpc) is 3.43. The van der Waals surface area contributed by atoms with E-state index in [1.54, 1.807) is 18.0 Å². The number of rotatable bonds is 16. The van der Waals surface area contributed by atoms with Crippen LogP contribution in [-0.2, 0) is 32.1 Å². The largest absolute Gasteiger partial charge is 0.506 e. The van der Waals surface area contributed by atoms with Gasteiger partial charge in [0.2, 0.25) is 17.7 Å². The summed E-state index contributed by atoms with van der Waals surface area (Å²) in [4.78, 5) is 54.3. The molecule has 4 aromatic rings. The van der Waals surface area contributed by atoms with Crippen molar-refractivity contribution in [2.45, 2.75) is 64.5 Å². The molecule has 304 valence electrons. The molecule has 0 atom stereocenters. The Morgan fingerprint density at radius 1 is 0.931 bits per heavy atom. The molecule has 0 radical (unpaired) electrons. The third kappa shape index (κ3) is 11.8. The number of phenolic OH excluding ortho intramolecular Hbond substituents is 1. The fourth-order valence-electron chi connectivity index (χ4n) is 7.36. The summed E-state index contributed by atoms with van der Waals surface area (Å²) in [7, 11) is 1.78. The van der Waals surface area contributed by atoms with Crippen molar-refractivity contribution in [2.75, 3.05) is 55.7 Å². The molecule has 0 aromatic heterocycles. The normalized spacial score (nSPS) is 14.2. The van der Waals surface area contributed by atoms with Crippen LogP contribution in [-0.4, -0.2) is 84.6 Å². The van der Waals surface area contributed by atoms with Gasteiger partial charge in [0.25, 0.3) is 0 Å². The topological polar surface area (TPSA) is 152 Å². The molecule has 12 heteroatoms. The lowest BCUT2D eigenvalue weighted by Gasteiger charge is -2.31. The maximum atomic E-state index is 12.9. The van der Waals surface area contributed by atoms with Gasteiger partial charge in [0.15, 0.2) is 0 Å². The Morgan fingerprint density at radius 2 is 1.71 bits per heavy atom. The minimum atomic E-state index is -0.463. The predicted molar refractivity (Wildman–Crippen MR) is 229 cm³/mol. The number of nitrogens with one attached hydrogen (secondary N) is 4. The van der Waals surface area contributed by atoms with Gasteiger partial charge in [-0.3, -0.25) is 19.7 Å². The van der Waals surface area contributed by atoms with Crippen molar-refractivity contribution < 1.29 is 29.0 Å². The first-order valence-electron chi connectivity index (χ1n) is 20.1. The molecule has 2 aliphatic heterocycles. The van der Waals surface area contributed by atoms with Crippen molar-refractivity contribution in [1.29, 1.82) is 0 Å². The molecule has 0 spiro atoms. The number of phenols is 1. The second-order valence-corrected chi connectivity index (χ2v) is 15.0. The van der Waals surface area contributed by atoms with Gasteiger partial charge in [-0.15, -0.1) is 0 Å². The zero-order chi connectivity index (χ0) is 40.9. The molecule has 2 aliphatic rings.